The number of phosphoric ester groups is 3. The second-order valence-electron chi connectivity index (χ2n) is 15.8. The fourth-order valence-electron chi connectivity index (χ4n) is 6.95. The quantitative estimate of drug-likeness (QED) is 0.0203. The van der Waals surface area contributed by atoms with Crippen molar-refractivity contribution in [3.8, 4) is 0 Å². The monoisotopic (exact) mass is 943 g/mol. The molecule has 23 heteroatoms. The highest BCUT2D eigenvalue weighted by Gasteiger charge is 2.56. The van der Waals surface area contributed by atoms with E-state index >= 15 is 0 Å². The minimum Gasteiger partial charge on any atom is -0.462 e. The molecule has 0 bridgehead atoms. The van der Waals surface area contributed by atoms with Crippen LogP contribution in [-0.2, 0) is 50.9 Å². The van der Waals surface area contributed by atoms with Gasteiger partial charge in [-0.15, -0.1) is 0 Å². The van der Waals surface area contributed by atoms with Gasteiger partial charge in [-0.1, -0.05) is 135 Å². The van der Waals surface area contributed by atoms with E-state index in [9.17, 15) is 63.1 Å². The van der Waals surface area contributed by atoms with Gasteiger partial charge in [0, 0.05) is 12.8 Å². The largest absolute Gasteiger partial charge is 0.472 e. The van der Waals surface area contributed by atoms with Crippen LogP contribution < -0.4 is 5.73 Å². The van der Waals surface area contributed by atoms with Gasteiger partial charge in [0.15, 0.2) is 6.10 Å². The molecule has 0 aliphatic heterocycles. The summed E-state index contributed by atoms with van der Waals surface area (Å²) in [5.74, 6) is -1.30. The summed E-state index contributed by atoms with van der Waals surface area (Å²) >= 11 is 0. The van der Waals surface area contributed by atoms with E-state index in [1.54, 1.807) is 0 Å². The van der Waals surface area contributed by atoms with Crippen molar-refractivity contribution in [2.75, 3.05) is 19.8 Å². The number of hydrogen-bond acceptors (Lipinski definition) is 15. The third-order valence-electron chi connectivity index (χ3n) is 10.3. The Morgan fingerprint density at radius 1 is 0.508 bits per heavy atom. The van der Waals surface area contributed by atoms with Crippen molar-refractivity contribution < 1.29 is 90.6 Å². The molecule has 0 heterocycles. The highest BCUT2D eigenvalue weighted by molar-refractivity contribution is 7.47. The third-order valence-corrected chi connectivity index (χ3v) is 12.3. The summed E-state index contributed by atoms with van der Waals surface area (Å²) in [7, 11) is -16.6. The minimum absolute atomic E-state index is 0.000345. The summed E-state index contributed by atoms with van der Waals surface area (Å²) in [6, 6.07) is 0. The van der Waals surface area contributed by atoms with Gasteiger partial charge in [-0.05, 0) is 25.8 Å². The molecule has 1 aliphatic rings. The van der Waals surface area contributed by atoms with E-state index in [0.29, 0.717) is 19.4 Å². The molecule has 0 aromatic carbocycles. The average Bonchev–Trinajstić information content (AvgIpc) is 3.18. The molecule has 1 saturated carbocycles. The topological polar surface area (TPSA) is 329 Å². The molecule has 0 aromatic rings. The van der Waals surface area contributed by atoms with Gasteiger partial charge in [0.2, 0.25) is 0 Å². The van der Waals surface area contributed by atoms with Crippen LogP contribution in [0.25, 0.3) is 0 Å². The van der Waals surface area contributed by atoms with E-state index in [-0.39, 0.29) is 12.8 Å². The molecule has 362 valence electrons. The Balaban J connectivity index is 2.77. The first-order chi connectivity index (χ1) is 28.8. The molecular formula is C38H76NO19P3. The third kappa shape index (κ3) is 29.3. The Labute approximate surface area is 361 Å². The zero-order valence-corrected chi connectivity index (χ0v) is 38.5. The van der Waals surface area contributed by atoms with Crippen LogP contribution in [0, 0.1) is 0 Å². The summed E-state index contributed by atoms with van der Waals surface area (Å²) in [6.45, 7) is 1.43. The molecule has 4 unspecified atom stereocenters. The highest BCUT2D eigenvalue weighted by atomic mass is 31.2. The van der Waals surface area contributed by atoms with Crippen molar-refractivity contribution in [3.05, 3.63) is 0 Å². The maximum Gasteiger partial charge on any atom is 0.472 e. The van der Waals surface area contributed by atoms with Crippen LogP contribution >= 0.6 is 23.5 Å². The molecule has 0 amide bonds. The fourth-order valence-corrected chi connectivity index (χ4v) is 9.04. The Morgan fingerprint density at radius 2 is 0.885 bits per heavy atom. The van der Waals surface area contributed by atoms with Gasteiger partial charge in [0.1, 0.15) is 43.2 Å². The summed E-state index contributed by atoms with van der Waals surface area (Å²) in [4.78, 5) is 72.9. The number of ether oxygens (including phenoxy) is 2. The van der Waals surface area contributed by atoms with E-state index in [4.69, 9.17) is 24.3 Å². The van der Waals surface area contributed by atoms with Gasteiger partial charge in [-0.25, -0.2) is 13.7 Å². The van der Waals surface area contributed by atoms with Crippen LogP contribution in [0.3, 0.4) is 0 Å². The number of carbonyl (C=O) groups excluding carboxylic acids is 2. The molecule has 1 aliphatic carbocycles. The zero-order chi connectivity index (χ0) is 45.7. The van der Waals surface area contributed by atoms with Gasteiger partial charge >= 0.3 is 35.4 Å². The molecule has 0 saturated heterocycles. The SMILES string of the molecule is CCCCCCCCCCCCCCCC(=O)O[C@H](COC(=O)CCCCCCCCCCCCN)COP(=O)(O)OC1C(O)[C@@H](OP(=O)(O)O)C(OP(=O)(O)O)[C@@H](O)[C@H]1O. The summed E-state index contributed by atoms with van der Waals surface area (Å²) < 4.78 is 65.2. The number of nitrogens with two attached hydrogens (primary N) is 1. The maximum atomic E-state index is 13.1. The maximum absolute atomic E-state index is 13.1. The number of hydrogen-bond donors (Lipinski definition) is 9. The molecule has 20 nitrogen and oxygen atoms in total. The van der Waals surface area contributed by atoms with Gasteiger partial charge < -0.3 is 55.0 Å². The summed E-state index contributed by atoms with van der Waals surface area (Å²) in [6.07, 6.45) is 8.10. The number of rotatable bonds is 38. The van der Waals surface area contributed by atoms with Gasteiger partial charge in [0.05, 0.1) is 6.61 Å². The minimum atomic E-state index is -5.59. The van der Waals surface area contributed by atoms with E-state index in [0.717, 1.165) is 77.0 Å². The Hall–Kier alpha value is -0.890. The van der Waals surface area contributed by atoms with Crippen LogP contribution in [0.1, 0.15) is 167 Å². The van der Waals surface area contributed by atoms with Crippen molar-refractivity contribution in [1.82, 2.24) is 0 Å². The molecule has 0 radical (unpaired) electrons. The Morgan fingerprint density at radius 3 is 1.31 bits per heavy atom. The van der Waals surface area contributed by atoms with Crippen molar-refractivity contribution >= 4 is 35.4 Å². The van der Waals surface area contributed by atoms with Crippen LogP contribution in [0.4, 0.5) is 0 Å². The number of aliphatic hydroxyl groups is 3. The number of phosphoric acid groups is 3. The predicted octanol–water partition coefficient (Wildman–Crippen LogP) is 5.73. The molecule has 0 aromatic heterocycles. The van der Waals surface area contributed by atoms with Gasteiger partial charge in [-0.2, -0.15) is 0 Å². The lowest BCUT2D eigenvalue weighted by atomic mass is 9.85. The lowest BCUT2D eigenvalue weighted by molar-refractivity contribution is -0.213. The lowest BCUT2D eigenvalue weighted by Gasteiger charge is -2.44. The predicted molar refractivity (Wildman–Crippen MR) is 223 cm³/mol. The molecule has 8 atom stereocenters. The van der Waals surface area contributed by atoms with Crippen LogP contribution in [-0.4, -0.2) is 114 Å². The first kappa shape index (κ1) is 58.1. The molecule has 1 rings (SSSR count). The number of aliphatic hydroxyl groups excluding tert-OH is 3. The number of unbranched alkanes of at least 4 members (excludes halogenated alkanes) is 21. The Bertz CT molecular complexity index is 1320. The van der Waals surface area contributed by atoms with Crippen molar-refractivity contribution in [1.29, 1.82) is 0 Å². The lowest BCUT2D eigenvalue weighted by Crippen LogP contribution is -2.65. The molecule has 10 N–H and O–H groups in total. The van der Waals surface area contributed by atoms with E-state index in [1.807, 2.05) is 0 Å². The molecule has 1 fully saturated rings. The van der Waals surface area contributed by atoms with Crippen LogP contribution in [0.5, 0.6) is 0 Å². The molecule has 61 heavy (non-hydrogen) atoms. The van der Waals surface area contributed by atoms with E-state index in [2.05, 4.69) is 16.0 Å². The normalized spacial score (nSPS) is 22.5. The molecule has 0 spiro atoms. The van der Waals surface area contributed by atoms with Crippen molar-refractivity contribution in [2.45, 2.75) is 210 Å². The number of carbonyl (C=O) groups is 2. The first-order valence-corrected chi connectivity index (χ1v) is 26.6. The van der Waals surface area contributed by atoms with Gasteiger partial charge in [0.25, 0.3) is 0 Å². The van der Waals surface area contributed by atoms with Gasteiger partial charge in [-0.3, -0.25) is 27.7 Å². The highest BCUT2D eigenvalue weighted by Crippen LogP contribution is 2.51. The van der Waals surface area contributed by atoms with Crippen LogP contribution in [0.15, 0.2) is 0 Å². The van der Waals surface area contributed by atoms with E-state index in [1.165, 1.54) is 57.8 Å². The average molecular weight is 944 g/mol. The van der Waals surface area contributed by atoms with Crippen molar-refractivity contribution in [3.63, 3.8) is 0 Å². The number of esters is 2. The summed E-state index contributed by atoms with van der Waals surface area (Å²) in [5, 5.41) is 31.8. The summed E-state index contributed by atoms with van der Waals surface area (Å²) in [5.41, 5.74) is 5.52. The smallest absolute Gasteiger partial charge is 0.462 e. The van der Waals surface area contributed by atoms with E-state index < -0.39 is 91.3 Å². The standard InChI is InChI=1S/C38H76NO19P3/c1-2-3-4-5-6-7-8-9-10-14-17-20-23-26-32(41)55-30(28-53-31(40)25-22-19-16-13-11-12-15-18-21-24-27-39)29-54-61(51,52)58-36-33(42)34(43)37(56-59(45,46)47)38(35(36)44)57-60(48,49)50/h30,33-38,42-44H,2-29,39H2,1H3,(H,51,52)(H2,45,46,47)(H2,48,49,50)/t30-,33-,34+,35?,36?,37?,38-/m1/s1. The zero-order valence-electron chi connectivity index (χ0n) is 35.8. The fraction of sp³-hybridized carbons (Fsp3) is 0.947. The second kappa shape index (κ2) is 32.7. The van der Waals surface area contributed by atoms with Crippen molar-refractivity contribution in [2.24, 2.45) is 5.73 Å². The second-order valence-corrected chi connectivity index (χ2v) is 19.6. The van der Waals surface area contributed by atoms with Crippen LogP contribution in [0.2, 0.25) is 0 Å². The first-order valence-electron chi connectivity index (χ1n) is 22.0. The Kier molecular flexibility index (Phi) is 31.2. The molecular weight excluding hydrogens is 867 g/mol.